The fourth-order valence-electron chi connectivity index (χ4n) is 2.84. The molecule has 0 saturated carbocycles. The van der Waals surface area contributed by atoms with Gasteiger partial charge in [0.05, 0.1) is 13.2 Å². The molecule has 1 atom stereocenters. The Kier molecular flexibility index (Phi) is 4.52. The maximum atomic E-state index is 14.2. The number of hydrogen-bond donors (Lipinski definition) is 1. The van der Waals surface area contributed by atoms with Gasteiger partial charge in [-0.1, -0.05) is 6.07 Å². The number of nitrogens with zero attached hydrogens (tertiary/aromatic N) is 1. The van der Waals surface area contributed by atoms with Crippen LogP contribution >= 0.6 is 0 Å². The first-order chi connectivity index (χ1) is 11.1. The predicted octanol–water partition coefficient (Wildman–Crippen LogP) is 1.79. The van der Waals surface area contributed by atoms with Crippen LogP contribution in [0.5, 0.6) is 11.5 Å². The number of likely N-dealkylation sites (tertiary alicyclic amines) is 1. The second kappa shape index (κ2) is 6.58. The Bertz CT molecular complexity index is 619. The standard InChI is InChI=1S/C17H20FNO4/c18-17(12-20)6-1-7-19(11-17)16(21)5-3-13-2-4-14-15(10-13)23-9-8-22-14/h2-5,10,20H,1,6-9,11-12H2/b5-3+. The van der Waals surface area contributed by atoms with Crippen LogP contribution in [0, 0.1) is 0 Å². The van der Waals surface area contributed by atoms with Crippen LogP contribution in [0.4, 0.5) is 4.39 Å². The summed E-state index contributed by atoms with van der Waals surface area (Å²) in [6, 6.07) is 5.44. The number of aliphatic hydroxyl groups is 1. The molecule has 1 saturated heterocycles. The third kappa shape index (κ3) is 3.64. The minimum atomic E-state index is -1.68. The second-order valence-electron chi connectivity index (χ2n) is 5.91. The lowest BCUT2D eigenvalue weighted by Gasteiger charge is -2.35. The van der Waals surface area contributed by atoms with Gasteiger partial charge in [0.1, 0.15) is 13.2 Å². The molecule has 0 radical (unpaired) electrons. The number of aliphatic hydroxyl groups excluding tert-OH is 1. The number of rotatable bonds is 3. The summed E-state index contributed by atoms with van der Waals surface area (Å²) >= 11 is 0. The number of alkyl halides is 1. The minimum Gasteiger partial charge on any atom is -0.486 e. The second-order valence-corrected chi connectivity index (χ2v) is 5.91. The fraction of sp³-hybridized carbons (Fsp3) is 0.471. The molecule has 1 fully saturated rings. The Morgan fingerprint density at radius 1 is 1.35 bits per heavy atom. The van der Waals surface area contributed by atoms with E-state index >= 15 is 0 Å². The summed E-state index contributed by atoms with van der Waals surface area (Å²) in [5, 5.41) is 9.11. The van der Waals surface area contributed by atoms with Gasteiger partial charge in [-0.25, -0.2) is 4.39 Å². The Labute approximate surface area is 134 Å². The van der Waals surface area contributed by atoms with Crippen LogP contribution in [0.3, 0.4) is 0 Å². The number of amides is 1. The molecule has 2 heterocycles. The molecule has 2 aliphatic heterocycles. The van der Waals surface area contributed by atoms with Crippen molar-refractivity contribution in [1.82, 2.24) is 4.90 Å². The highest BCUT2D eigenvalue weighted by Gasteiger charge is 2.36. The van der Waals surface area contributed by atoms with E-state index in [-0.39, 0.29) is 12.5 Å². The molecule has 6 heteroatoms. The first-order valence-electron chi connectivity index (χ1n) is 7.76. The van der Waals surface area contributed by atoms with E-state index in [1.807, 2.05) is 12.1 Å². The summed E-state index contributed by atoms with van der Waals surface area (Å²) in [5.74, 6) is 1.10. The number of fused-ring (bicyclic) bond motifs is 1. The molecule has 23 heavy (non-hydrogen) atoms. The van der Waals surface area contributed by atoms with Crippen molar-refractivity contribution in [2.75, 3.05) is 32.9 Å². The summed E-state index contributed by atoms with van der Waals surface area (Å²) in [6.45, 7) is 0.935. The molecule has 1 unspecified atom stereocenters. The molecule has 1 N–H and O–H groups in total. The molecule has 124 valence electrons. The molecule has 5 nitrogen and oxygen atoms in total. The van der Waals surface area contributed by atoms with Crippen molar-refractivity contribution in [2.45, 2.75) is 18.5 Å². The maximum absolute atomic E-state index is 14.2. The quantitative estimate of drug-likeness (QED) is 0.863. The van der Waals surface area contributed by atoms with Crippen molar-refractivity contribution in [2.24, 2.45) is 0 Å². The van der Waals surface area contributed by atoms with Crippen molar-refractivity contribution in [1.29, 1.82) is 0 Å². The van der Waals surface area contributed by atoms with Crippen LogP contribution in [0.2, 0.25) is 0 Å². The molecule has 0 spiro atoms. The van der Waals surface area contributed by atoms with Gasteiger partial charge in [-0.2, -0.15) is 0 Å². The number of carbonyl (C=O) groups excluding carboxylic acids is 1. The molecule has 1 aromatic rings. The summed E-state index contributed by atoms with van der Waals surface area (Å²) in [4.78, 5) is 13.6. The molecule has 0 aromatic heterocycles. The lowest BCUT2D eigenvalue weighted by molar-refractivity contribution is -0.131. The predicted molar refractivity (Wildman–Crippen MR) is 83.2 cm³/mol. The molecule has 1 amide bonds. The molecule has 0 bridgehead atoms. The van der Waals surface area contributed by atoms with E-state index in [4.69, 9.17) is 14.6 Å². The first-order valence-corrected chi connectivity index (χ1v) is 7.76. The van der Waals surface area contributed by atoms with E-state index < -0.39 is 12.3 Å². The van der Waals surface area contributed by atoms with Crippen molar-refractivity contribution in [3.8, 4) is 11.5 Å². The Morgan fingerprint density at radius 3 is 2.91 bits per heavy atom. The zero-order valence-electron chi connectivity index (χ0n) is 12.8. The number of halogens is 1. The van der Waals surface area contributed by atoms with Crippen LogP contribution in [0.1, 0.15) is 18.4 Å². The normalized spacial score (nSPS) is 24.0. The largest absolute Gasteiger partial charge is 0.486 e. The summed E-state index contributed by atoms with van der Waals surface area (Å²) in [7, 11) is 0. The van der Waals surface area contributed by atoms with Crippen molar-refractivity contribution in [3.05, 3.63) is 29.8 Å². The van der Waals surface area contributed by atoms with Gasteiger partial charge in [0.25, 0.3) is 0 Å². The van der Waals surface area contributed by atoms with E-state index in [1.54, 1.807) is 12.1 Å². The third-order valence-electron chi connectivity index (χ3n) is 4.11. The monoisotopic (exact) mass is 321 g/mol. The van der Waals surface area contributed by atoms with E-state index in [0.717, 1.165) is 5.56 Å². The number of carbonyl (C=O) groups is 1. The zero-order chi connectivity index (χ0) is 16.3. The van der Waals surface area contributed by atoms with Gasteiger partial charge in [-0.05, 0) is 36.6 Å². The lowest BCUT2D eigenvalue weighted by atomic mass is 9.95. The molecular formula is C17H20FNO4. The highest BCUT2D eigenvalue weighted by atomic mass is 19.1. The molecule has 3 rings (SSSR count). The topological polar surface area (TPSA) is 59.0 Å². The summed E-state index contributed by atoms with van der Waals surface area (Å²) in [6.07, 6.45) is 3.95. The van der Waals surface area contributed by atoms with Gasteiger partial charge in [-0.15, -0.1) is 0 Å². The van der Waals surface area contributed by atoms with E-state index in [9.17, 15) is 9.18 Å². The van der Waals surface area contributed by atoms with E-state index in [0.29, 0.717) is 44.1 Å². The number of piperidine rings is 1. The van der Waals surface area contributed by atoms with Gasteiger partial charge in [0.15, 0.2) is 17.2 Å². The number of hydrogen-bond acceptors (Lipinski definition) is 4. The molecule has 1 aromatic carbocycles. The highest BCUT2D eigenvalue weighted by molar-refractivity contribution is 5.92. The van der Waals surface area contributed by atoms with Crippen molar-refractivity contribution < 1.29 is 23.8 Å². The fourth-order valence-corrected chi connectivity index (χ4v) is 2.84. The van der Waals surface area contributed by atoms with E-state index in [2.05, 4.69) is 0 Å². The lowest BCUT2D eigenvalue weighted by Crippen LogP contribution is -2.49. The van der Waals surface area contributed by atoms with Crippen LogP contribution in [-0.2, 0) is 4.79 Å². The SMILES string of the molecule is O=C(/C=C/c1ccc2c(c1)OCCO2)N1CCCC(F)(CO)C1. The summed E-state index contributed by atoms with van der Waals surface area (Å²) in [5.41, 5.74) is -0.869. The average Bonchev–Trinajstić information content (AvgIpc) is 2.59. The van der Waals surface area contributed by atoms with Crippen LogP contribution < -0.4 is 9.47 Å². The third-order valence-corrected chi connectivity index (χ3v) is 4.11. The van der Waals surface area contributed by atoms with Crippen molar-refractivity contribution in [3.63, 3.8) is 0 Å². The van der Waals surface area contributed by atoms with Gasteiger partial charge < -0.3 is 19.5 Å². The van der Waals surface area contributed by atoms with Crippen LogP contribution in [0.15, 0.2) is 24.3 Å². The Balaban J connectivity index is 1.66. The highest BCUT2D eigenvalue weighted by Crippen LogP contribution is 2.31. The minimum absolute atomic E-state index is 0.0617. The summed E-state index contributed by atoms with van der Waals surface area (Å²) < 4.78 is 25.1. The van der Waals surface area contributed by atoms with Gasteiger partial charge >= 0.3 is 0 Å². The first kappa shape index (κ1) is 15.8. The Morgan fingerprint density at radius 2 is 2.13 bits per heavy atom. The van der Waals surface area contributed by atoms with Crippen LogP contribution in [0.25, 0.3) is 6.08 Å². The Hall–Kier alpha value is -2.08. The van der Waals surface area contributed by atoms with Gasteiger partial charge in [-0.3, -0.25) is 4.79 Å². The smallest absolute Gasteiger partial charge is 0.246 e. The molecular weight excluding hydrogens is 301 g/mol. The van der Waals surface area contributed by atoms with Gasteiger partial charge in [0.2, 0.25) is 5.91 Å². The van der Waals surface area contributed by atoms with Crippen LogP contribution in [-0.4, -0.2) is 54.5 Å². The molecule has 2 aliphatic rings. The molecule has 0 aliphatic carbocycles. The van der Waals surface area contributed by atoms with E-state index in [1.165, 1.54) is 11.0 Å². The zero-order valence-corrected chi connectivity index (χ0v) is 12.8. The average molecular weight is 321 g/mol. The van der Waals surface area contributed by atoms with Gasteiger partial charge in [0, 0.05) is 12.6 Å². The number of ether oxygens (including phenoxy) is 2. The maximum Gasteiger partial charge on any atom is 0.246 e. The number of benzene rings is 1. The van der Waals surface area contributed by atoms with Crippen molar-refractivity contribution >= 4 is 12.0 Å².